The molecular weight excluding hydrogens is 404 g/mol. The zero-order valence-corrected chi connectivity index (χ0v) is 22.7. The molecule has 4 heteroatoms. The van der Waals surface area contributed by atoms with E-state index in [-0.39, 0.29) is 0 Å². The van der Waals surface area contributed by atoms with Crippen LogP contribution in [-0.4, -0.2) is 9.97 Å². The van der Waals surface area contributed by atoms with E-state index in [2.05, 4.69) is 81.6 Å². The van der Waals surface area contributed by atoms with Crippen LogP contribution in [0.3, 0.4) is 0 Å². The third kappa shape index (κ3) is 9.60. The molecule has 170 valence electrons. The summed E-state index contributed by atoms with van der Waals surface area (Å²) in [5.41, 5.74) is 1.21. The SMILES string of the molecule is CC(C)(C)Cc1ncc(CC(C)(C)CCC(C)(C)Cc2cnc(CC(C)(C)C)s2)s1. The molecule has 0 aliphatic heterocycles. The van der Waals surface area contributed by atoms with Crippen molar-refractivity contribution in [2.45, 2.75) is 108 Å². The molecule has 0 saturated carbocycles. The maximum atomic E-state index is 4.69. The summed E-state index contributed by atoms with van der Waals surface area (Å²) in [6, 6.07) is 0. The Labute approximate surface area is 194 Å². The highest BCUT2D eigenvalue weighted by molar-refractivity contribution is 7.11. The van der Waals surface area contributed by atoms with Gasteiger partial charge in [-0.1, -0.05) is 69.2 Å². The first kappa shape index (κ1) is 25.5. The summed E-state index contributed by atoms with van der Waals surface area (Å²) in [7, 11) is 0. The van der Waals surface area contributed by atoms with E-state index in [1.807, 2.05) is 22.7 Å². The normalized spacial score (nSPS) is 13.8. The van der Waals surface area contributed by atoms with Crippen LogP contribution in [0.2, 0.25) is 0 Å². The number of rotatable bonds is 9. The lowest BCUT2D eigenvalue weighted by Crippen LogP contribution is -2.21. The van der Waals surface area contributed by atoms with Crippen LogP contribution >= 0.6 is 22.7 Å². The van der Waals surface area contributed by atoms with Crippen molar-refractivity contribution in [2.24, 2.45) is 21.7 Å². The van der Waals surface area contributed by atoms with Crippen molar-refractivity contribution < 1.29 is 0 Å². The molecule has 0 N–H and O–H groups in total. The molecular formula is C26H44N2S2. The number of aromatic nitrogens is 2. The molecule has 2 aromatic rings. The molecule has 0 spiro atoms. The van der Waals surface area contributed by atoms with E-state index >= 15 is 0 Å². The Morgan fingerprint density at radius 2 is 0.900 bits per heavy atom. The Hall–Kier alpha value is -0.740. The highest BCUT2D eigenvalue weighted by Crippen LogP contribution is 2.38. The van der Waals surface area contributed by atoms with Crippen molar-refractivity contribution in [3.63, 3.8) is 0 Å². The van der Waals surface area contributed by atoms with Crippen LogP contribution in [0.25, 0.3) is 0 Å². The number of hydrogen-bond acceptors (Lipinski definition) is 4. The second-order valence-corrected chi connectivity index (χ2v) is 15.5. The van der Waals surface area contributed by atoms with E-state index in [0.717, 1.165) is 25.7 Å². The lowest BCUT2D eigenvalue weighted by molar-refractivity contribution is 0.238. The first-order chi connectivity index (χ1) is 13.5. The van der Waals surface area contributed by atoms with Gasteiger partial charge in [0.05, 0.1) is 10.0 Å². The van der Waals surface area contributed by atoms with Gasteiger partial charge >= 0.3 is 0 Å². The summed E-state index contributed by atoms with van der Waals surface area (Å²) in [4.78, 5) is 12.3. The van der Waals surface area contributed by atoms with Gasteiger partial charge in [-0.15, -0.1) is 22.7 Å². The van der Waals surface area contributed by atoms with Gasteiger partial charge in [-0.2, -0.15) is 0 Å². The summed E-state index contributed by atoms with van der Waals surface area (Å²) in [5.74, 6) is 0. The minimum absolute atomic E-state index is 0.300. The van der Waals surface area contributed by atoms with Gasteiger partial charge in [0.1, 0.15) is 0 Å². The van der Waals surface area contributed by atoms with E-state index in [0.29, 0.717) is 21.7 Å². The first-order valence-electron chi connectivity index (χ1n) is 11.4. The van der Waals surface area contributed by atoms with Crippen LogP contribution in [0, 0.1) is 21.7 Å². The van der Waals surface area contributed by atoms with E-state index in [1.54, 1.807) is 0 Å². The summed E-state index contributed by atoms with van der Waals surface area (Å²) < 4.78 is 0. The minimum Gasteiger partial charge on any atom is -0.249 e. The first-order valence-corrected chi connectivity index (χ1v) is 13.0. The lowest BCUT2D eigenvalue weighted by Gasteiger charge is -2.30. The van der Waals surface area contributed by atoms with Gasteiger partial charge in [0.2, 0.25) is 0 Å². The molecule has 30 heavy (non-hydrogen) atoms. The topological polar surface area (TPSA) is 25.8 Å². The third-order valence-corrected chi connectivity index (χ3v) is 7.34. The summed E-state index contributed by atoms with van der Waals surface area (Å²) in [6.07, 6.45) is 11.1. The molecule has 0 unspecified atom stereocenters. The zero-order chi connectivity index (χ0) is 22.8. The van der Waals surface area contributed by atoms with Crippen molar-refractivity contribution in [2.75, 3.05) is 0 Å². The van der Waals surface area contributed by atoms with Crippen LogP contribution in [0.1, 0.15) is 102 Å². The Kier molecular flexibility index (Phi) is 8.00. The number of nitrogens with zero attached hydrogens (tertiary/aromatic N) is 2. The molecule has 0 radical (unpaired) electrons. The van der Waals surface area contributed by atoms with Crippen LogP contribution in [0.4, 0.5) is 0 Å². The third-order valence-electron chi connectivity index (χ3n) is 5.35. The Balaban J connectivity index is 1.89. The van der Waals surface area contributed by atoms with Crippen LogP contribution in [0.5, 0.6) is 0 Å². The van der Waals surface area contributed by atoms with Crippen molar-refractivity contribution in [3.8, 4) is 0 Å². The molecule has 2 heterocycles. The molecule has 2 rings (SSSR count). The average molecular weight is 449 g/mol. The van der Waals surface area contributed by atoms with Gasteiger partial charge in [0.15, 0.2) is 0 Å². The molecule has 0 fully saturated rings. The molecule has 0 saturated heterocycles. The molecule has 0 aromatic carbocycles. The molecule has 0 aliphatic carbocycles. The van der Waals surface area contributed by atoms with Crippen molar-refractivity contribution in [1.29, 1.82) is 0 Å². The molecule has 0 aliphatic rings. The molecule has 2 aromatic heterocycles. The fourth-order valence-corrected chi connectivity index (χ4v) is 6.69. The second-order valence-electron chi connectivity index (χ2n) is 13.1. The monoisotopic (exact) mass is 448 g/mol. The maximum absolute atomic E-state index is 4.69. The van der Waals surface area contributed by atoms with Gasteiger partial charge in [0, 0.05) is 35.0 Å². The van der Waals surface area contributed by atoms with E-state index in [4.69, 9.17) is 9.97 Å². The molecule has 0 amide bonds. The van der Waals surface area contributed by atoms with Gasteiger partial charge < -0.3 is 0 Å². The minimum atomic E-state index is 0.300. The quantitative estimate of drug-likeness (QED) is 0.385. The van der Waals surface area contributed by atoms with Crippen LogP contribution in [-0.2, 0) is 25.7 Å². The average Bonchev–Trinajstić information content (AvgIpc) is 3.11. The number of thiazole rings is 2. The predicted molar refractivity (Wildman–Crippen MR) is 135 cm³/mol. The summed E-state index contributed by atoms with van der Waals surface area (Å²) in [6.45, 7) is 23.4. The van der Waals surface area contributed by atoms with Crippen molar-refractivity contribution in [3.05, 3.63) is 32.2 Å². The van der Waals surface area contributed by atoms with Gasteiger partial charge in [-0.25, -0.2) is 9.97 Å². The van der Waals surface area contributed by atoms with Crippen LogP contribution in [0.15, 0.2) is 12.4 Å². The Bertz CT molecular complexity index is 729. The standard InChI is InChI=1S/C26H44N2S2/c1-23(2,3)15-21-27-17-19(29-21)13-25(7,8)11-12-26(9,10)14-20-18-28-22(30-20)16-24(4,5)6/h17-18H,11-16H2,1-10H3. The van der Waals surface area contributed by atoms with Gasteiger partial charge in [-0.05, 0) is 47.3 Å². The smallest absolute Gasteiger partial charge is 0.0932 e. The summed E-state index contributed by atoms with van der Waals surface area (Å²) in [5, 5.41) is 2.56. The highest BCUT2D eigenvalue weighted by atomic mass is 32.1. The number of hydrogen-bond donors (Lipinski definition) is 0. The fourth-order valence-electron chi connectivity index (χ4n) is 3.73. The van der Waals surface area contributed by atoms with E-state index in [9.17, 15) is 0 Å². The summed E-state index contributed by atoms with van der Waals surface area (Å²) >= 11 is 3.82. The highest BCUT2D eigenvalue weighted by Gasteiger charge is 2.27. The molecule has 0 atom stereocenters. The molecule has 0 bridgehead atoms. The maximum Gasteiger partial charge on any atom is 0.0932 e. The van der Waals surface area contributed by atoms with Crippen molar-refractivity contribution in [1.82, 2.24) is 9.97 Å². The Morgan fingerprint density at radius 1 is 0.567 bits per heavy atom. The van der Waals surface area contributed by atoms with E-state index in [1.165, 1.54) is 32.6 Å². The zero-order valence-electron chi connectivity index (χ0n) is 21.1. The van der Waals surface area contributed by atoms with E-state index < -0.39 is 0 Å². The molecule has 2 nitrogen and oxygen atoms in total. The largest absolute Gasteiger partial charge is 0.249 e. The Morgan fingerprint density at radius 3 is 1.20 bits per heavy atom. The van der Waals surface area contributed by atoms with Gasteiger partial charge in [-0.3, -0.25) is 0 Å². The predicted octanol–water partition coefficient (Wildman–Crippen LogP) is 8.39. The van der Waals surface area contributed by atoms with Crippen LogP contribution < -0.4 is 0 Å². The fraction of sp³-hybridized carbons (Fsp3) is 0.769. The second kappa shape index (κ2) is 9.40. The lowest BCUT2D eigenvalue weighted by atomic mass is 9.75. The van der Waals surface area contributed by atoms with Crippen molar-refractivity contribution >= 4 is 22.7 Å². The van der Waals surface area contributed by atoms with Gasteiger partial charge in [0.25, 0.3) is 0 Å².